The first kappa shape index (κ1) is 24.7. The molecule has 3 aromatic rings. The Kier molecular flexibility index (Phi) is 8.96. The van der Waals surface area contributed by atoms with Crippen molar-refractivity contribution in [2.45, 2.75) is 31.6 Å². The fourth-order valence-electron chi connectivity index (χ4n) is 4.00. The molecular formula is C25H28ClFN4O2S. The lowest BCUT2D eigenvalue weighted by atomic mass is 9.97. The van der Waals surface area contributed by atoms with E-state index in [0.29, 0.717) is 42.1 Å². The number of aromatic nitrogens is 2. The van der Waals surface area contributed by atoms with Crippen molar-refractivity contribution in [1.29, 1.82) is 0 Å². The van der Waals surface area contributed by atoms with Crippen molar-refractivity contribution in [1.82, 2.24) is 20.4 Å². The van der Waals surface area contributed by atoms with Gasteiger partial charge < -0.3 is 9.84 Å². The SMILES string of the molecule is O=C(NCCCSCc1ccccc1F)C1CCCN(Cc2nc(-c3cccc(Cl)c3)no2)C1. The van der Waals surface area contributed by atoms with Crippen LogP contribution in [0.1, 0.15) is 30.7 Å². The first-order valence-corrected chi connectivity index (χ1v) is 13.0. The molecule has 1 atom stereocenters. The Morgan fingerprint density at radius 3 is 3.00 bits per heavy atom. The maximum Gasteiger partial charge on any atom is 0.241 e. The second kappa shape index (κ2) is 12.3. The number of hydrogen-bond donors (Lipinski definition) is 1. The van der Waals surface area contributed by atoms with Crippen molar-refractivity contribution in [3.05, 3.63) is 70.8 Å². The molecular weight excluding hydrogens is 475 g/mol. The molecule has 6 nitrogen and oxygen atoms in total. The monoisotopic (exact) mass is 502 g/mol. The summed E-state index contributed by atoms with van der Waals surface area (Å²) in [5.41, 5.74) is 1.53. The zero-order valence-corrected chi connectivity index (χ0v) is 20.5. The number of nitrogens with one attached hydrogen (secondary N) is 1. The summed E-state index contributed by atoms with van der Waals surface area (Å²) in [5, 5.41) is 7.75. The standard InChI is InChI=1S/C25H28ClFN4O2S/c26-21-9-3-7-18(14-21)24-29-23(33-30-24)16-31-12-4-8-19(15-31)25(32)28-11-5-13-34-17-20-6-1-2-10-22(20)27/h1-3,6-7,9-10,14,19H,4-5,8,11-13,15-17H2,(H,28,32). The Morgan fingerprint density at radius 2 is 2.15 bits per heavy atom. The quantitative estimate of drug-likeness (QED) is 0.385. The molecule has 2 heterocycles. The lowest BCUT2D eigenvalue weighted by molar-refractivity contribution is -0.126. The highest BCUT2D eigenvalue weighted by Gasteiger charge is 2.26. The Bertz CT molecular complexity index is 1100. The summed E-state index contributed by atoms with van der Waals surface area (Å²) >= 11 is 7.73. The average molecular weight is 503 g/mol. The first-order chi connectivity index (χ1) is 16.6. The van der Waals surface area contributed by atoms with E-state index in [9.17, 15) is 9.18 Å². The lowest BCUT2D eigenvalue weighted by Crippen LogP contribution is -2.43. The van der Waals surface area contributed by atoms with Crippen molar-refractivity contribution in [2.24, 2.45) is 5.92 Å². The van der Waals surface area contributed by atoms with E-state index in [4.69, 9.17) is 16.1 Å². The molecule has 1 aromatic heterocycles. The van der Waals surface area contributed by atoms with Crippen LogP contribution in [0.4, 0.5) is 4.39 Å². The molecule has 0 saturated carbocycles. The van der Waals surface area contributed by atoms with E-state index >= 15 is 0 Å². The van der Waals surface area contributed by atoms with Crippen molar-refractivity contribution >= 4 is 29.3 Å². The van der Waals surface area contributed by atoms with E-state index in [1.807, 2.05) is 24.3 Å². The van der Waals surface area contributed by atoms with Gasteiger partial charge in [-0.05, 0) is 55.3 Å². The van der Waals surface area contributed by atoms with Gasteiger partial charge in [0.1, 0.15) is 5.82 Å². The van der Waals surface area contributed by atoms with Gasteiger partial charge in [0.05, 0.1) is 12.5 Å². The van der Waals surface area contributed by atoms with Crippen LogP contribution in [0.3, 0.4) is 0 Å². The van der Waals surface area contributed by atoms with Crippen LogP contribution in [0, 0.1) is 11.7 Å². The molecule has 1 N–H and O–H groups in total. The van der Waals surface area contributed by atoms with Crippen LogP contribution in [0.25, 0.3) is 11.4 Å². The second-order valence-electron chi connectivity index (χ2n) is 8.38. The Morgan fingerprint density at radius 1 is 1.26 bits per heavy atom. The van der Waals surface area contributed by atoms with E-state index in [-0.39, 0.29) is 17.6 Å². The minimum Gasteiger partial charge on any atom is -0.356 e. The summed E-state index contributed by atoms with van der Waals surface area (Å²) in [6.07, 6.45) is 2.68. The predicted octanol–water partition coefficient (Wildman–Crippen LogP) is 5.18. The summed E-state index contributed by atoms with van der Waals surface area (Å²) in [6.45, 7) is 2.71. The topological polar surface area (TPSA) is 71.3 Å². The third kappa shape index (κ3) is 7.04. The predicted molar refractivity (Wildman–Crippen MR) is 133 cm³/mol. The Hall–Kier alpha value is -2.42. The minimum atomic E-state index is -0.161. The molecule has 1 amide bonds. The van der Waals surface area contributed by atoms with Gasteiger partial charge in [0.25, 0.3) is 0 Å². The number of amides is 1. The average Bonchev–Trinajstić information content (AvgIpc) is 3.31. The van der Waals surface area contributed by atoms with Gasteiger partial charge in [-0.1, -0.05) is 47.1 Å². The summed E-state index contributed by atoms with van der Waals surface area (Å²) in [6, 6.07) is 14.2. The van der Waals surface area contributed by atoms with Gasteiger partial charge in [-0.2, -0.15) is 16.7 Å². The molecule has 9 heteroatoms. The summed E-state index contributed by atoms with van der Waals surface area (Å²) in [7, 11) is 0. The third-order valence-electron chi connectivity index (χ3n) is 5.77. The second-order valence-corrected chi connectivity index (χ2v) is 9.93. The number of thioether (sulfide) groups is 1. The maximum atomic E-state index is 13.6. The van der Waals surface area contributed by atoms with Crippen LogP contribution in [0.2, 0.25) is 5.02 Å². The number of piperidine rings is 1. The summed E-state index contributed by atoms with van der Waals surface area (Å²) < 4.78 is 19.1. The molecule has 0 aliphatic carbocycles. The zero-order chi connectivity index (χ0) is 23.8. The number of halogens is 2. The van der Waals surface area contributed by atoms with Gasteiger partial charge in [0.15, 0.2) is 0 Å². The molecule has 4 rings (SSSR count). The van der Waals surface area contributed by atoms with E-state index in [1.165, 1.54) is 6.07 Å². The Labute approximate surface area is 208 Å². The highest BCUT2D eigenvalue weighted by Crippen LogP contribution is 2.22. The van der Waals surface area contributed by atoms with Gasteiger partial charge in [-0.15, -0.1) is 0 Å². The van der Waals surface area contributed by atoms with Gasteiger partial charge in [-0.25, -0.2) is 4.39 Å². The summed E-state index contributed by atoms with van der Waals surface area (Å²) in [4.78, 5) is 19.3. The molecule has 34 heavy (non-hydrogen) atoms. The van der Waals surface area contributed by atoms with Crippen LogP contribution in [0.15, 0.2) is 53.1 Å². The minimum absolute atomic E-state index is 0.0462. The van der Waals surface area contributed by atoms with Crippen LogP contribution >= 0.6 is 23.4 Å². The molecule has 1 saturated heterocycles. The van der Waals surface area contributed by atoms with Crippen LogP contribution < -0.4 is 5.32 Å². The molecule has 1 aliphatic rings. The van der Waals surface area contributed by atoms with E-state index < -0.39 is 0 Å². The zero-order valence-electron chi connectivity index (χ0n) is 18.9. The summed E-state index contributed by atoms with van der Waals surface area (Å²) in [5.74, 6) is 2.44. The van der Waals surface area contributed by atoms with Crippen molar-refractivity contribution < 1.29 is 13.7 Å². The highest BCUT2D eigenvalue weighted by molar-refractivity contribution is 7.98. The number of carbonyl (C=O) groups excluding carboxylic acids is 1. The fourth-order valence-corrected chi connectivity index (χ4v) is 5.13. The van der Waals surface area contributed by atoms with Gasteiger partial charge >= 0.3 is 0 Å². The van der Waals surface area contributed by atoms with Crippen molar-refractivity contribution in [2.75, 3.05) is 25.4 Å². The van der Waals surface area contributed by atoms with Gasteiger partial charge in [-0.3, -0.25) is 9.69 Å². The van der Waals surface area contributed by atoms with Crippen molar-refractivity contribution in [3.8, 4) is 11.4 Å². The van der Waals surface area contributed by atoms with Crippen molar-refractivity contribution in [3.63, 3.8) is 0 Å². The largest absolute Gasteiger partial charge is 0.356 e. The van der Waals surface area contributed by atoms with E-state index in [1.54, 1.807) is 30.0 Å². The maximum absolute atomic E-state index is 13.6. The van der Waals surface area contributed by atoms with Gasteiger partial charge in [0.2, 0.25) is 17.6 Å². The lowest BCUT2D eigenvalue weighted by Gasteiger charge is -2.30. The highest BCUT2D eigenvalue weighted by atomic mass is 35.5. The van der Waals surface area contributed by atoms with Crippen LogP contribution in [-0.2, 0) is 17.1 Å². The first-order valence-electron chi connectivity index (χ1n) is 11.5. The van der Waals surface area contributed by atoms with E-state index in [2.05, 4.69) is 20.4 Å². The molecule has 1 aliphatic heterocycles. The van der Waals surface area contributed by atoms with Crippen LogP contribution in [-0.4, -0.2) is 46.3 Å². The molecule has 1 fully saturated rings. The fraction of sp³-hybridized carbons (Fsp3) is 0.400. The number of nitrogens with zero attached hydrogens (tertiary/aromatic N) is 3. The molecule has 180 valence electrons. The Balaban J connectivity index is 1.17. The molecule has 0 spiro atoms. The molecule has 2 aromatic carbocycles. The molecule has 1 unspecified atom stereocenters. The number of hydrogen-bond acceptors (Lipinski definition) is 6. The number of likely N-dealkylation sites (tertiary alicyclic amines) is 1. The normalized spacial score (nSPS) is 16.5. The third-order valence-corrected chi connectivity index (χ3v) is 7.09. The number of carbonyl (C=O) groups is 1. The van der Waals surface area contributed by atoms with Gasteiger partial charge in [0, 0.05) is 29.4 Å². The molecule has 0 radical (unpaired) electrons. The number of rotatable bonds is 10. The van der Waals surface area contributed by atoms with E-state index in [0.717, 1.165) is 42.7 Å². The molecule has 0 bridgehead atoms. The van der Waals surface area contributed by atoms with Crippen LogP contribution in [0.5, 0.6) is 0 Å². The smallest absolute Gasteiger partial charge is 0.241 e. The number of benzene rings is 2.